The molecule has 2 N–H and O–H groups in total. The Kier molecular flexibility index (Phi) is 6.44. The van der Waals surface area contributed by atoms with Crippen LogP contribution in [0.25, 0.3) is 11.3 Å². The maximum absolute atomic E-state index is 11.7. The van der Waals surface area contributed by atoms with Crippen molar-refractivity contribution in [2.45, 2.75) is 32.9 Å². The maximum atomic E-state index is 11.7. The molecular weight excluding hydrogens is 398 g/mol. The number of nitrogens with zero attached hydrogens (tertiary/aromatic N) is 3. The number of aromatic nitrogens is 2. The van der Waals surface area contributed by atoms with Crippen LogP contribution in [-0.2, 0) is 11.3 Å². The zero-order valence-corrected chi connectivity index (χ0v) is 17.5. The first kappa shape index (κ1) is 21.7. The van der Waals surface area contributed by atoms with Crippen molar-refractivity contribution in [3.63, 3.8) is 0 Å². The molecule has 0 unspecified atom stereocenters. The van der Waals surface area contributed by atoms with Gasteiger partial charge in [-0.2, -0.15) is 0 Å². The summed E-state index contributed by atoms with van der Waals surface area (Å²) in [5.41, 5.74) is 1.87. The molecule has 0 saturated carbocycles. The van der Waals surface area contributed by atoms with Gasteiger partial charge in [0.25, 0.3) is 0 Å². The molecule has 3 aromatic rings. The molecule has 31 heavy (non-hydrogen) atoms. The topological polar surface area (TPSA) is 119 Å². The van der Waals surface area contributed by atoms with E-state index in [4.69, 9.17) is 4.74 Å². The SMILES string of the molecule is CC(C)(C)OC(=O)NCc1ccc(Nc2nc(-c3ccccc3)ccc2[N+](=O)[O-])cn1. The van der Waals surface area contributed by atoms with Gasteiger partial charge in [0.1, 0.15) is 5.60 Å². The number of anilines is 2. The highest BCUT2D eigenvalue weighted by atomic mass is 16.6. The first-order valence-electron chi connectivity index (χ1n) is 9.61. The average Bonchev–Trinajstić information content (AvgIpc) is 2.72. The molecule has 0 spiro atoms. The summed E-state index contributed by atoms with van der Waals surface area (Å²) in [5, 5.41) is 17.0. The van der Waals surface area contributed by atoms with E-state index in [1.54, 1.807) is 39.0 Å². The van der Waals surface area contributed by atoms with E-state index in [1.165, 1.54) is 12.3 Å². The molecule has 9 heteroatoms. The fraction of sp³-hybridized carbons (Fsp3) is 0.227. The number of nitrogens with one attached hydrogen (secondary N) is 2. The first-order chi connectivity index (χ1) is 14.7. The van der Waals surface area contributed by atoms with Gasteiger partial charge in [-0.15, -0.1) is 0 Å². The van der Waals surface area contributed by atoms with Gasteiger partial charge in [0.15, 0.2) is 0 Å². The Hall–Kier alpha value is -4.01. The van der Waals surface area contributed by atoms with Crippen LogP contribution < -0.4 is 10.6 Å². The highest BCUT2D eigenvalue weighted by molar-refractivity contribution is 5.70. The summed E-state index contributed by atoms with van der Waals surface area (Å²) in [6.07, 6.45) is 0.987. The third kappa shape index (κ3) is 6.23. The fourth-order valence-electron chi connectivity index (χ4n) is 2.68. The highest BCUT2D eigenvalue weighted by Gasteiger charge is 2.18. The molecular formula is C22H23N5O4. The zero-order chi connectivity index (χ0) is 22.4. The molecule has 2 heterocycles. The summed E-state index contributed by atoms with van der Waals surface area (Å²) in [6.45, 7) is 5.54. The van der Waals surface area contributed by atoms with Crippen molar-refractivity contribution in [2.75, 3.05) is 5.32 Å². The van der Waals surface area contributed by atoms with E-state index in [-0.39, 0.29) is 18.1 Å². The lowest BCUT2D eigenvalue weighted by Crippen LogP contribution is -2.32. The van der Waals surface area contributed by atoms with Gasteiger partial charge in [0, 0.05) is 11.6 Å². The molecule has 0 aliphatic carbocycles. The van der Waals surface area contributed by atoms with E-state index in [2.05, 4.69) is 20.6 Å². The molecule has 1 aromatic carbocycles. The fourth-order valence-corrected chi connectivity index (χ4v) is 2.68. The van der Waals surface area contributed by atoms with Crippen LogP contribution in [0.2, 0.25) is 0 Å². The minimum atomic E-state index is -0.582. The van der Waals surface area contributed by atoms with E-state index in [0.29, 0.717) is 17.1 Å². The number of pyridine rings is 2. The Labute approximate surface area is 179 Å². The average molecular weight is 421 g/mol. The van der Waals surface area contributed by atoms with Crippen LogP contribution >= 0.6 is 0 Å². The second-order valence-electron chi connectivity index (χ2n) is 7.71. The smallest absolute Gasteiger partial charge is 0.407 e. The maximum Gasteiger partial charge on any atom is 0.407 e. The molecule has 2 aromatic heterocycles. The molecule has 0 fully saturated rings. The van der Waals surface area contributed by atoms with Crippen molar-refractivity contribution in [1.29, 1.82) is 0 Å². The number of benzene rings is 1. The van der Waals surface area contributed by atoms with E-state index in [9.17, 15) is 14.9 Å². The van der Waals surface area contributed by atoms with Gasteiger partial charge in [-0.05, 0) is 39.0 Å². The molecule has 0 atom stereocenters. The van der Waals surface area contributed by atoms with E-state index < -0.39 is 16.6 Å². The van der Waals surface area contributed by atoms with Crippen LogP contribution in [0.15, 0.2) is 60.8 Å². The molecule has 0 aliphatic rings. The predicted octanol–water partition coefficient (Wildman–Crippen LogP) is 4.82. The summed E-state index contributed by atoms with van der Waals surface area (Å²) >= 11 is 0. The van der Waals surface area contributed by atoms with Gasteiger partial charge in [0.2, 0.25) is 5.82 Å². The normalized spacial score (nSPS) is 10.9. The molecule has 9 nitrogen and oxygen atoms in total. The molecule has 160 valence electrons. The molecule has 0 saturated heterocycles. The number of carbonyl (C=O) groups excluding carboxylic acids is 1. The minimum absolute atomic E-state index is 0.118. The van der Waals surface area contributed by atoms with Crippen molar-refractivity contribution in [3.05, 3.63) is 76.6 Å². The largest absolute Gasteiger partial charge is 0.444 e. The van der Waals surface area contributed by atoms with Gasteiger partial charge < -0.3 is 15.4 Å². The number of hydrogen-bond donors (Lipinski definition) is 2. The van der Waals surface area contributed by atoms with Crippen LogP contribution in [0.4, 0.5) is 22.0 Å². The standard InChI is InChI=1S/C22H23N5O4/c1-22(2,3)31-21(28)24-13-16-9-10-17(14-23-16)25-20-19(27(29)30)12-11-18(26-20)15-7-5-4-6-8-15/h4-12,14H,13H2,1-3H3,(H,24,28)(H,25,26). The lowest BCUT2D eigenvalue weighted by atomic mass is 10.1. The van der Waals surface area contributed by atoms with Crippen LogP contribution in [0.1, 0.15) is 26.5 Å². The van der Waals surface area contributed by atoms with Gasteiger partial charge >= 0.3 is 11.8 Å². The number of hydrogen-bond acceptors (Lipinski definition) is 7. The summed E-state index contributed by atoms with van der Waals surface area (Å²) in [7, 11) is 0. The summed E-state index contributed by atoms with van der Waals surface area (Å²) in [6, 6.07) is 15.8. The molecule has 0 radical (unpaired) electrons. The summed E-state index contributed by atoms with van der Waals surface area (Å²) in [4.78, 5) is 31.4. The molecule has 0 bridgehead atoms. The lowest BCUT2D eigenvalue weighted by molar-refractivity contribution is -0.384. The first-order valence-corrected chi connectivity index (χ1v) is 9.61. The van der Waals surface area contributed by atoms with Crippen molar-refractivity contribution in [1.82, 2.24) is 15.3 Å². The van der Waals surface area contributed by atoms with Gasteiger partial charge in [-0.1, -0.05) is 30.3 Å². The second kappa shape index (κ2) is 9.21. The van der Waals surface area contributed by atoms with Gasteiger partial charge in [-0.25, -0.2) is 9.78 Å². The monoisotopic (exact) mass is 421 g/mol. The quantitative estimate of drug-likeness (QED) is 0.432. The number of rotatable bonds is 6. The Bertz CT molecular complexity index is 1060. The number of carbonyl (C=O) groups is 1. The third-order valence-electron chi connectivity index (χ3n) is 4.04. The zero-order valence-electron chi connectivity index (χ0n) is 17.5. The van der Waals surface area contributed by atoms with Crippen molar-refractivity contribution in [3.8, 4) is 11.3 Å². The number of alkyl carbamates (subject to hydrolysis) is 1. The van der Waals surface area contributed by atoms with Crippen LogP contribution in [0, 0.1) is 10.1 Å². The van der Waals surface area contributed by atoms with Gasteiger partial charge in [0.05, 0.1) is 34.7 Å². The van der Waals surface area contributed by atoms with Crippen molar-refractivity contribution >= 4 is 23.3 Å². The molecule has 3 rings (SSSR count). The number of amides is 1. The number of ether oxygens (including phenoxy) is 1. The van der Waals surface area contributed by atoms with E-state index in [0.717, 1.165) is 5.56 Å². The van der Waals surface area contributed by atoms with E-state index in [1.807, 2.05) is 30.3 Å². The second-order valence-corrected chi connectivity index (χ2v) is 7.71. The minimum Gasteiger partial charge on any atom is -0.444 e. The molecule has 0 aliphatic heterocycles. The Morgan fingerprint density at radius 1 is 1.10 bits per heavy atom. The lowest BCUT2D eigenvalue weighted by Gasteiger charge is -2.19. The van der Waals surface area contributed by atoms with Crippen LogP contribution in [0.5, 0.6) is 0 Å². The molecule has 1 amide bonds. The van der Waals surface area contributed by atoms with E-state index >= 15 is 0 Å². The Balaban J connectivity index is 1.73. The van der Waals surface area contributed by atoms with Crippen LogP contribution in [0.3, 0.4) is 0 Å². The Morgan fingerprint density at radius 3 is 2.45 bits per heavy atom. The van der Waals surface area contributed by atoms with Gasteiger partial charge in [-0.3, -0.25) is 15.1 Å². The highest BCUT2D eigenvalue weighted by Crippen LogP contribution is 2.29. The summed E-state index contributed by atoms with van der Waals surface area (Å²) < 4.78 is 5.18. The van der Waals surface area contributed by atoms with Crippen molar-refractivity contribution < 1.29 is 14.5 Å². The predicted molar refractivity (Wildman–Crippen MR) is 117 cm³/mol. The summed E-state index contributed by atoms with van der Waals surface area (Å²) in [5.74, 6) is 0.118. The number of nitro groups is 1. The Morgan fingerprint density at radius 2 is 1.84 bits per heavy atom. The third-order valence-corrected chi connectivity index (χ3v) is 4.04. The van der Waals surface area contributed by atoms with Crippen LogP contribution in [-0.4, -0.2) is 26.6 Å². The van der Waals surface area contributed by atoms with Crippen molar-refractivity contribution in [2.24, 2.45) is 0 Å².